The Hall–Kier alpha value is -1.69. The molecule has 0 aliphatic heterocycles. The van der Waals surface area contributed by atoms with Crippen molar-refractivity contribution in [2.24, 2.45) is 5.73 Å². The lowest BCUT2D eigenvalue weighted by molar-refractivity contribution is -0.131. The van der Waals surface area contributed by atoms with Crippen LogP contribution in [0, 0.1) is 0 Å². The van der Waals surface area contributed by atoms with Gasteiger partial charge in [-0.2, -0.15) is 0 Å². The lowest BCUT2D eigenvalue weighted by atomic mass is 9.99. The van der Waals surface area contributed by atoms with Crippen molar-refractivity contribution in [2.45, 2.75) is 18.4 Å². The molecule has 1 unspecified atom stereocenters. The van der Waals surface area contributed by atoms with Crippen LogP contribution < -0.4 is 5.73 Å². The molecule has 2 aromatic rings. The van der Waals surface area contributed by atoms with Crippen molar-refractivity contribution in [3.63, 3.8) is 0 Å². The average molecular weight is 391 g/mol. The lowest BCUT2D eigenvalue weighted by Crippen LogP contribution is -2.44. The minimum atomic E-state index is -0.598. The van der Waals surface area contributed by atoms with Gasteiger partial charge in [0.1, 0.15) is 0 Å². The summed E-state index contributed by atoms with van der Waals surface area (Å²) in [5, 5.41) is 9.64. The van der Waals surface area contributed by atoms with Crippen LogP contribution in [0.15, 0.2) is 59.1 Å². The molecule has 0 aromatic heterocycles. The number of carbonyl (C=O) groups is 1. The first kappa shape index (κ1) is 18.6. The normalized spacial score (nSPS) is 13.3. The Balaban J connectivity index is 1.97. The smallest absolute Gasteiger partial charge is 0.239 e. The molecule has 2 rings (SSSR count). The summed E-state index contributed by atoms with van der Waals surface area (Å²) in [6.45, 7) is 0.425. The van der Waals surface area contributed by atoms with Gasteiger partial charge in [0.25, 0.3) is 0 Å². The van der Waals surface area contributed by atoms with Gasteiger partial charge < -0.3 is 15.7 Å². The molecule has 2 atom stereocenters. The molecule has 0 bridgehead atoms. The Kier molecular flexibility index (Phi) is 6.97. The van der Waals surface area contributed by atoms with Gasteiger partial charge in [0.05, 0.1) is 12.6 Å². The molecule has 0 radical (unpaired) electrons. The van der Waals surface area contributed by atoms with Crippen molar-refractivity contribution in [3.8, 4) is 0 Å². The van der Waals surface area contributed by atoms with Crippen molar-refractivity contribution >= 4 is 21.8 Å². The zero-order valence-corrected chi connectivity index (χ0v) is 15.3. The summed E-state index contributed by atoms with van der Waals surface area (Å²) in [5.74, 6) is -0.234. The van der Waals surface area contributed by atoms with E-state index in [1.165, 1.54) is 0 Å². The zero-order chi connectivity index (χ0) is 17.5. The van der Waals surface area contributed by atoms with E-state index in [9.17, 15) is 9.90 Å². The van der Waals surface area contributed by atoms with Crippen LogP contribution in [0.1, 0.15) is 17.0 Å². The zero-order valence-electron chi connectivity index (χ0n) is 13.7. The van der Waals surface area contributed by atoms with E-state index in [0.29, 0.717) is 13.0 Å². The van der Waals surface area contributed by atoms with Crippen molar-refractivity contribution in [1.29, 1.82) is 0 Å². The second-order valence-corrected chi connectivity index (χ2v) is 6.87. The number of benzene rings is 2. The van der Waals surface area contributed by atoms with Gasteiger partial charge in [-0.25, -0.2) is 0 Å². The van der Waals surface area contributed by atoms with E-state index < -0.39 is 6.04 Å². The predicted molar refractivity (Wildman–Crippen MR) is 99.7 cm³/mol. The molecular formula is C19H23BrN2O2. The molecule has 0 aliphatic rings. The van der Waals surface area contributed by atoms with Gasteiger partial charge >= 0.3 is 0 Å². The molecule has 3 N–H and O–H groups in total. The van der Waals surface area contributed by atoms with Crippen LogP contribution in [0.3, 0.4) is 0 Å². The van der Waals surface area contributed by atoms with Crippen LogP contribution >= 0.6 is 15.9 Å². The molecule has 0 aliphatic carbocycles. The van der Waals surface area contributed by atoms with E-state index >= 15 is 0 Å². The Morgan fingerprint density at radius 2 is 1.92 bits per heavy atom. The number of likely N-dealkylation sites (N-methyl/N-ethyl adjacent to an activating group) is 1. The van der Waals surface area contributed by atoms with Crippen LogP contribution in [-0.2, 0) is 11.2 Å². The highest BCUT2D eigenvalue weighted by Crippen LogP contribution is 2.17. The molecule has 0 spiro atoms. The fourth-order valence-corrected chi connectivity index (χ4v) is 3.15. The number of nitrogens with zero attached hydrogens (tertiary/aromatic N) is 1. The Morgan fingerprint density at radius 1 is 1.21 bits per heavy atom. The molecular weight excluding hydrogens is 368 g/mol. The molecule has 0 saturated carbocycles. The van der Waals surface area contributed by atoms with Gasteiger partial charge in [-0.05, 0) is 29.7 Å². The maximum Gasteiger partial charge on any atom is 0.239 e. The summed E-state index contributed by atoms with van der Waals surface area (Å²) in [5.41, 5.74) is 8.12. The molecule has 24 heavy (non-hydrogen) atoms. The number of rotatable bonds is 7. The lowest BCUT2D eigenvalue weighted by Gasteiger charge is -2.26. The molecule has 0 fully saturated rings. The van der Waals surface area contributed by atoms with E-state index in [2.05, 4.69) is 15.9 Å². The summed E-state index contributed by atoms with van der Waals surface area (Å²) in [6, 6.07) is 16.9. The summed E-state index contributed by atoms with van der Waals surface area (Å²) in [6.07, 6.45) is 0.484. The quantitative estimate of drug-likeness (QED) is 0.763. The minimum Gasteiger partial charge on any atom is -0.396 e. The second-order valence-electron chi connectivity index (χ2n) is 5.95. The van der Waals surface area contributed by atoms with Gasteiger partial charge in [0.2, 0.25) is 5.91 Å². The first-order chi connectivity index (χ1) is 11.5. The SMILES string of the molecule is CN(C[C@H](CO)c1ccccc1)C(=O)C(N)Cc1cccc(Br)c1. The van der Waals surface area contributed by atoms with Crippen LogP contribution in [0.2, 0.25) is 0 Å². The van der Waals surface area contributed by atoms with Gasteiger partial charge in [0, 0.05) is 24.0 Å². The van der Waals surface area contributed by atoms with Gasteiger partial charge in [0.15, 0.2) is 0 Å². The van der Waals surface area contributed by atoms with Crippen LogP contribution in [0.5, 0.6) is 0 Å². The Labute approximate surface area is 151 Å². The Morgan fingerprint density at radius 3 is 2.54 bits per heavy atom. The number of halogens is 1. The van der Waals surface area contributed by atoms with Crippen LogP contribution in [0.4, 0.5) is 0 Å². The van der Waals surface area contributed by atoms with E-state index in [1.807, 2.05) is 54.6 Å². The first-order valence-corrected chi connectivity index (χ1v) is 8.71. The highest BCUT2D eigenvalue weighted by Gasteiger charge is 2.22. The summed E-state index contributed by atoms with van der Waals surface area (Å²) < 4.78 is 0.970. The minimum absolute atomic E-state index is 0.0114. The van der Waals surface area contributed by atoms with Gasteiger partial charge in [-0.1, -0.05) is 58.4 Å². The molecule has 4 nitrogen and oxygen atoms in total. The van der Waals surface area contributed by atoms with E-state index in [4.69, 9.17) is 5.73 Å². The third kappa shape index (κ3) is 5.16. The highest BCUT2D eigenvalue weighted by atomic mass is 79.9. The molecule has 128 valence electrons. The summed E-state index contributed by atoms with van der Waals surface area (Å²) in [7, 11) is 1.73. The number of carbonyl (C=O) groups excluding carboxylic acids is 1. The number of hydrogen-bond acceptors (Lipinski definition) is 3. The summed E-state index contributed by atoms with van der Waals surface area (Å²) in [4.78, 5) is 14.1. The standard InChI is InChI=1S/C19H23BrN2O2/c1-22(12-16(13-23)15-7-3-2-4-8-15)19(24)18(21)11-14-6-5-9-17(20)10-14/h2-10,16,18,23H,11-13,21H2,1H3/t16-,18?/m1/s1. The van der Waals surface area contributed by atoms with Crippen molar-refractivity contribution in [1.82, 2.24) is 4.90 Å². The van der Waals surface area contributed by atoms with Crippen molar-refractivity contribution in [2.75, 3.05) is 20.2 Å². The Bertz CT molecular complexity index is 663. The monoisotopic (exact) mass is 390 g/mol. The number of amides is 1. The second kappa shape index (κ2) is 8.97. The van der Waals surface area contributed by atoms with E-state index in [-0.39, 0.29) is 18.4 Å². The largest absolute Gasteiger partial charge is 0.396 e. The van der Waals surface area contributed by atoms with Crippen LogP contribution in [0.25, 0.3) is 0 Å². The topological polar surface area (TPSA) is 66.6 Å². The van der Waals surface area contributed by atoms with E-state index in [1.54, 1.807) is 11.9 Å². The average Bonchev–Trinajstić information content (AvgIpc) is 2.59. The van der Waals surface area contributed by atoms with Crippen molar-refractivity contribution in [3.05, 3.63) is 70.2 Å². The maximum absolute atomic E-state index is 12.5. The van der Waals surface area contributed by atoms with E-state index in [0.717, 1.165) is 15.6 Å². The number of aliphatic hydroxyl groups is 1. The number of hydrogen-bond donors (Lipinski definition) is 2. The maximum atomic E-state index is 12.5. The third-order valence-corrected chi connectivity index (χ3v) is 4.52. The number of nitrogens with two attached hydrogens (primary N) is 1. The number of aliphatic hydroxyl groups excluding tert-OH is 1. The fourth-order valence-electron chi connectivity index (χ4n) is 2.70. The van der Waals surface area contributed by atoms with Gasteiger partial charge in [-0.15, -0.1) is 0 Å². The molecule has 5 heteroatoms. The van der Waals surface area contributed by atoms with Gasteiger partial charge in [-0.3, -0.25) is 4.79 Å². The third-order valence-electron chi connectivity index (χ3n) is 4.02. The first-order valence-electron chi connectivity index (χ1n) is 7.92. The van der Waals surface area contributed by atoms with Crippen LogP contribution in [-0.4, -0.2) is 42.2 Å². The fraction of sp³-hybridized carbons (Fsp3) is 0.316. The van der Waals surface area contributed by atoms with Crippen molar-refractivity contribution < 1.29 is 9.90 Å². The predicted octanol–water partition coefficient (Wildman–Crippen LogP) is 2.55. The highest BCUT2D eigenvalue weighted by molar-refractivity contribution is 9.10. The molecule has 2 aromatic carbocycles. The molecule has 0 saturated heterocycles. The summed E-state index contributed by atoms with van der Waals surface area (Å²) >= 11 is 3.42. The molecule has 1 amide bonds. The molecule has 0 heterocycles.